The zero-order chi connectivity index (χ0) is 22.5. The Bertz CT molecular complexity index is 1110. The minimum Gasteiger partial charge on any atom is -0.440 e. The number of oxazole rings is 1. The Morgan fingerprint density at radius 2 is 2.00 bits per heavy atom. The highest BCUT2D eigenvalue weighted by Crippen LogP contribution is 2.64. The third-order valence-electron chi connectivity index (χ3n) is 6.72. The number of thioether (sulfide) groups is 1. The van der Waals surface area contributed by atoms with Crippen molar-refractivity contribution in [3.8, 4) is 11.6 Å². The normalized spacial score (nSPS) is 23.3. The van der Waals surface area contributed by atoms with Crippen molar-refractivity contribution in [1.82, 2.24) is 24.6 Å². The van der Waals surface area contributed by atoms with Gasteiger partial charge in [0.25, 0.3) is 0 Å². The molecule has 1 saturated heterocycles. The number of alkyl halides is 3. The van der Waals surface area contributed by atoms with Crippen LogP contribution in [0.25, 0.3) is 11.6 Å². The molecular formula is C22H24F3N5OS. The van der Waals surface area contributed by atoms with Gasteiger partial charge in [-0.25, -0.2) is 4.98 Å². The van der Waals surface area contributed by atoms with E-state index in [2.05, 4.69) is 20.1 Å². The van der Waals surface area contributed by atoms with Crippen molar-refractivity contribution in [3.63, 3.8) is 0 Å². The largest absolute Gasteiger partial charge is 0.440 e. The quantitative estimate of drug-likeness (QED) is 0.491. The van der Waals surface area contributed by atoms with Crippen molar-refractivity contribution < 1.29 is 17.6 Å². The second kappa shape index (κ2) is 7.91. The van der Waals surface area contributed by atoms with E-state index in [1.54, 1.807) is 23.9 Å². The summed E-state index contributed by atoms with van der Waals surface area (Å²) in [5.74, 6) is 2.56. The maximum absolute atomic E-state index is 12.8. The zero-order valence-corrected chi connectivity index (χ0v) is 18.7. The van der Waals surface area contributed by atoms with Gasteiger partial charge in [0.05, 0.1) is 11.3 Å². The van der Waals surface area contributed by atoms with E-state index in [1.165, 1.54) is 18.5 Å². The number of likely N-dealkylation sites (tertiary alicyclic amines) is 1. The first-order chi connectivity index (χ1) is 15.3. The standard InChI is InChI=1S/C22H24F3N5OS/c1-14-18(31-13-26-14)19-27-28-20(29(19)2)32-10-9-30-8-7-21(12-30)11-17(21)15-3-5-16(6-4-15)22(23,24)25/h3-6,13,17H,7-12H2,1-2H3/t17-,21-/m1/s1. The molecule has 2 atom stereocenters. The van der Waals surface area contributed by atoms with Crippen LogP contribution in [0, 0.1) is 12.3 Å². The van der Waals surface area contributed by atoms with Crippen molar-refractivity contribution in [2.24, 2.45) is 12.5 Å². The first-order valence-corrected chi connectivity index (χ1v) is 11.6. The summed E-state index contributed by atoms with van der Waals surface area (Å²) in [6.45, 7) is 4.84. The summed E-state index contributed by atoms with van der Waals surface area (Å²) in [4.78, 5) is 6.56. The van der Waals surface area contributed by atoms with Crippen LogP contribution in [0.3, 0.4) is 0 Å². The average molecular weight is 464 g/mol. The van der Waals surface area contributed by atoms with Gasteiger partial charge in [-0.05, 0) is 55.3 Å². The van der Waals surface area contributed by atoms with E-state index in [-0.39, 0.29) is 5.41 Å². The number of hydrogen-bond donors (Lipinski definition) is 0. The summed E-state index contributed by atoms with van der Waals surface area (Å²) < 4.78 is 45.8. The number of rotatable bonds is 6. The molecule has 1 spiro atoms. The molecule has 6 nitrogen and oxygen atoms in total. The summed E-state index contributed by atoms with van der Waals surface area (Å²) in [6.07, 6.45) is -0.711. The number of nitrogens with zero attached hydrogens (tertiary/aromatic N) is 5. The number of hydrogen-bond acceptors (Lipinski definition) is 6. The van der Waals surface area contributed by atoms with Gasteiger partial charge in [0, 0.05) is 25.9 Å². The molecule has 0 N–H and O–H groups in total. The predicted molar refractivity (Wildman–Crippen MR) is 114 cm³/mol. The van der Waals surface area contributed by atoms with Crippen LogP contribution < -0.4 is 0 Å². The summed E-state index contributed by atoms with van der Waals surface area (Å²) in [5, 5.41) is 9.36. The smallest absolute Gasteiger partial charge is 0.416 e. The van der Waals surface area contributed by atoms with E-state index in [1.807, 2.05) is 18.5 Å². The first kappa shape index (κ1) is 21.5. The Morgan fingerprint density at radius 1 is 1.22 bits per heavy atom. The third-order valence-corrected chi connectivity index (χ3v) is 7.72. The highest BCUT2D eigenvalue weighted by atomic mass is 32.2. The minimum atomic E-state index is -4.28. The topological polar surface area (TPSA) is 60.0 Å². The molecular weight excluding hydrogens is 439 g/mol. The fraction of sp³-hybridized carbons (Fsp3) is 0.500. The first-order valence-electron chi connectivity index (χ1n) is 10.6. The monoisotopic (exact) mass is 463 g/mol. The molecule has 3 heterocycles. The summed E-state index contributed by atoms with van der Waals surface area (Å²) >= 11 is 1.66. The molecule has 1 aromatic carbocycles. The fourth-order valence-corrected chi connectivity index (χ4v) is 5.68. The van der Waals surface area contributed by atoms with Crippen molar-refractivity contribution in [2.45, 2.75) is 37.0 Å². The average Bonchev–Trinajstić information content (AvgIpc) is 3.02. The van der Waals surface area contributed by atoms with Gasteiger partial charge in [0.15, 0.2) is 17.3 Å². The molecule has 10 heteroatoms. The van der Waals surface area contributed by atoms with Crippen molar-refractivity contribution in [2.75, 3.05) is 25.4 Å². The van der Waals surface area contributed by atoms with Gasteiger partial charge in [-0.15, -0.1) is 10.2 Å². The Morgan fingerprint density at radius 3 is 2.69 bits per heavy atom. The van der Waals surface area contributed by atoms with Crippen molar-refractivity contribution in [3.05, 3.63) is 47.5 Å². The van der Waals surface area contributed by atoms with Gasteiger partial charge >= 0.3 is 6.18 Å². The van der Waals surface area contributed by atoms with Crippen LogP contribution in [-0.4, -0.2) is 50.0 Å². The Hall–Kier alpha value is -2.33. The van der Waals surface area contributed by atoms with E-state index >= 15 is 0 Å². The molecule has 1 aliphatic carbocycles. The molecule has 0 radical (unpaired) electrons. The molecule has 1 saturated carbocycles. The Labute approximate surface area is 188 Å². The summed E-state index contributed by atoms with van der Waals surface area (Å²) in [6, 6.07) is 5.73. The lowest BCUT2D eigenvalue weighted by atomic mass is 9.97. The number of aryl methyl sites for hydroxylation is 1. The molecule has 170 valence electrons. The van der Waals surface area contributed by atoms with Crippen LogP contribution in [0.5, 0.6) is 0 Å². The highest BCUT2D eigenvalue weighted by molar-refractivity contribution is 7.99. The molecule has 5 rings (SSSR count). The van der Waals surface area contributed by atoms with Gasteiger partial charge in [0.2, 0.25) is 5.82 Å². The minimum absolute atomic E-state index is 0.228. The lowest BCUT2D eigenvalue weighted by molar-refractivity contribution is -0.137. The predicted octanol–water partition coefficient (Wildman–Crippen LogP) is 4.77. The molecule has 0 unspecified atom stereocenters. The molecule has 0 bridgehead atoms. The Kier molecular flexibility index (Phi) is 5.32. The van der Waals surface area contributed by atoms with Gasteiger partial charge in [-0.1, -0.05) is 23.9 Å². The summed E-state index contributed by atoms with van der Waals surface area (Å²) in [7, 11) is 1.92. The van der Waals surface area contributed by atoms with Crippen LogP contribution in [0.4, 0.5) is 13.2 Å². The van der Waals surface area contributed by atoms with Gasteiger partial charge < -0.3 is 13.9 Å². The fourth-order valence-electron chi connectivity index (χ4n) is 4.77. The lowest BCUT2D eigenvalue weighted by Gasteiger charge is -2.16. The van der Waals surface area contributed by atoms with E-state index in [9.17, 15) is 13.2 Å². The third kappa shape index (κ3) is 3.94. The molecule has 1 aliphatic heterocycles. The van der Waals surface area contributed by atoms with Gasteiger partial charge in [-0.2, -0.15) is 13.2 Å². The number of halogens is 3. The SMILES string of the molecule is Cc1ncoc1-c1nnc(SCCN2CC[C@@]3(C[C@@H]3c3ccc(C(F)(F)F)cc3)C2)n1C. The van der Waals surface area contributed by atoms with E-state index in [4.69, 9.17) is 4.42 Å². The van der Waals surface area contributed by atoms with E-state index in [0.29, 0.717) is 17.5 Å². The molecule has 2 aliphatic rings. The second-order valence-corrected chi connectivity index (χ2v) is 9.81. The number of benzene rings is 1. The van der Waals surface area contributed by atoms with Crippen molar-refractivity contribution in [1.29, 1.82) is 0 Å². The number of aromatic nitrogens is 4. The van der Waals surface area contributed by atoms with Crippen LogP contribution in [0.2, 0.25) is 0 Å². The van der Waals surface area contributed by atoms with Crippen LogP contribution >= 0.6 is 11.8 Å². The summed E-state index contributed by atoms with van der Waals surface area (Å²) in [5.41, 5.74) is 1.47. The zero-order valence-electron chi connectivity index (χ0n) is 17.9. The van der Waals surface area contributed by atoms with Gasteiger partial charge in [0.1, 0.15) is 0 Å². The van der Waals surface area contributed by atoms with E-state index < -0.39 is 11.7 Å². The Balaban J connectivity index is 1.14. The van der Waals surface area contributed by atoms with Gasteiger partial charge in [-0.3, -0.25) is 0 Å². The maximum atomic E-state index is 12.8. The molecule has 32 heavy (non-hydrogen) atoms. The molecule has 2 aromatic heterocycles. The van der Waals surface area contributed by atoms with Crippen molar-refractivity contribution >= 4 is 11.8 Å². The molecule has 3 aromatic rings. The molecule has 2 fully saturated rings. The highest BCUT2D eigenvalue weighted by Gasteiger charge is 2.57. The second-order valence-electron chi connectivity index (χ2n) is 8.75. The van der Waals surface area contributed by atoms with Crippen LogP contribution in [0.15, 0.2) is 40.2 Å². The maximum Gasteiger partial charge on any atom is 0.416 e. The van der Waals surface area contributed by atoms with Crippen LogP contribution in [0.1, 0.15) is 35.6 Å². The molecule has 0 amide bonds. The van der Waals surface area contributed by atoms with Crippen LogP contribution in [-0.2, 0) is 13.2 Å². The lowest BCUT2D eigenvalue weighted by Crippen LogP contribution is -2.24. The van der Waals surface area contributed by atoms with E-state index in [0.717, 1.165) is 54.6 Å².